The number of rotatable bonds is 2. The molecule has 1 aliphatic carbocycles. The molecule has 1 saturated carbocycles. The fourth-order valence-electron chi connectivity index (χ4n) is 4.72. The van der Waals surface area contributed by atoms with Crippen molar-refractivity contribution in [2.75, 3.05) is 0 Å². The average molecular weight is 328 g/mol. The molecular weight excluding hydrogens is 300 g/mol. The van der Waals surface area contributed by atoms with Gasteiger partial charge in [0, 0.05) is 18.0 Å². The summed E-state index contributed by atoms with van der Waals surface area (Å²) >= 11 is 0. The second kappa shape index (κ2) is 6.07. The zero-order valence-corrected chi connectivity index (χ0v) is 14.7. The highest BCUT2D eigenvalue weighted by Crippen LogP contribution is 2.39. The van der Waals surface area contributed by atoms with Crippen LogP contribution in [0.1, 0.15) is 64.0 Å². The number of nitrogens with one attached hydrogen (secondary N) is 2. The minimum Gasteiger partial charge on any atom is -0.487 e. The monoisotopic (exact) mass is 328 g/mol. The Kier molecular flexibility index (Phi) is 4.03. The molecule has 2 heterocycles. The van der Waals surface area contributed by atoms with Gasteiger partial charge in [-0.25, -0.2) is 0 Å². The van der Waals surface area contributed by atoms with E-state index in [1.165, 1.54) is 25.7 Å². The van der Waals surface area contributed by atoms with Gasteiger partial charge in [0.15, 0.2) is 0 Å². The number of para-hydroxylation sites is 1. The van der Waals surface area contributed by atoms with Crippen molar-refractivity contribution in [1.82, 2.24) is 10.6 Å². The Morgan fingerprint density at radius 2 is 2.04 bits per heavy atom. The largest absolute Gasteiger partial charge is 0.487 e. The quantitative estimate of drug-likeness (QED) is 0.875. The molecule has 0 bridgehead atoms. The van der Waals surface area contributed by atoms with Crippen molar-refractivity contribution >= 4 is 5.91 Å². The first-order valence-electron chi connectivity index (χ1n) is 9.36. The Balaban J connectivity index is 1.48. The van der Waals surface area contributed by atoms with E-state index < -0.39 is 0 Å². The van der Waals surface area contributed by atoms with Crippen LogP contribution < -0.4 is 15.4 Å². The van der Waals surface area contributed by atoms with Gasteiger partial charge in [0.25, 0.3) is 0 Å². The molecule has 4 heteroatoms. The molecule has 0 spiro atoms. The van der Waals surface area contributed by atoms with Crippen LogP contribution in [0.15, 0.2) is 24.3 Å². The predicted octanol–water partition coefficient (Wildman–Crippen LogP) is 3.33. The standard InChI is InChI=1S/C20H28N2O2/c1-20(2)12-17(14-8-4-6-10-18(14)24-20)22-19(23)16-11-13-7-3-5-9-15(13)21-16/h4,6,8,10,13,15-17,21H,3,5,7,9,11-12H2,1-2H3,(H,22,23). The van der Waals surface area contributed by atoms with Gasteiger partial charge in [-0.05, 0) is 45.1 Å². The molecule has 1 aromatic carbocycles. The summed E-state index contributed by atoms with van der Waals surface area (Å²) in [4.78, 5) is 12.9. The van der Waals surface area contributed by atoms with E-state index in [1.807, 2.05) is 18.2 Å². The summed E-state index contributed by atoms with van der Waals surface area (Å²) in [5.41, 5.74) is 0.837. The first-order chi connectivity index (χ1) is 11.5. The first-order valence-corrected chi connectivity index (χ1v) is 9.36. The number of benzene rings is 1. The normalized spacial score (nSPS) is 33.9. The van der Waals surface area contributed by atoms with Gasteiger partial charge in [-0.2, -0.15) is 0 Å². The summed E-state index contributed by atoms with van der Waals surface area (Å²) in [5, 5.41) is 6.88. The Labute approximate surface area is 144 Å². The highest BCUT2D eigenvalue weighted by molar-refractivity contribution is 5.82. The Morgan fingerprint density at radius 3 is 2.88 bits per heavy atom. The molecule has 1 saturated heterocycles. The van der Waals surface area contributed by atoms with E-state index in [2.05, 4.69) is 30.5 Å². The average Bonchev–Trinajstić information content (AvgIpc) is 2.98. The highest BCUT2D eigenvalue weighted by atomic mass is 16.5. The molecule has 4 rings (SSSR count). The van der Waals surface area contributed by atoms with E-state index in [1.54, 1.807) is 0 Å². The summed E-state index contributed by atoms with van der Waals surface area (Å²) in [6.45, 7) is 4.18. The molecule has 2 fully saturated rings. The van der Waals surface area contributed by atoms with Crippen LogP contribution in [0.25, 0.3) is 0 Å². The number of hydrogen-bond acceptors (Lipinski definition) is 3. The number of hydrogen-bond donors (Lipinski definition) is 2. The van der Waals surface area contributed by atoms with Crippen LogP contribution in [0.3, 0.4) is 0 Å². The van der Waals surface area contributed by atoms with Gasteiger partial charge in [-0.3, -0.25) is 4.79 Å². The van der Waals surface area contributed by atoms with Crippen molar-refractivity contribution in [3.8, 4) is 5.75 Å². The zero-order chi connectivity index (χ0) is 16.7. The van der Waals surface area contributed by atoms with Crippen LogP contribution in [0.5, 0.6) is 5.75 Å². The molecular formula is C20H28N2O2. The molecule has 4 atom stereocenters. The number of amides is 1. The van der Waals surface area contributed by atoms with Crippen LogP contribution in [0, 0.1) is 5.92 Å². The van der Waals surface area contributed by atoms with E-state index in [-0.39, 0.29) is 23.6 Å². The molecule has 130 valence electrons. The van der Waals surface area contributed by atoms with Crippen molar-refractivity contribution in [3.05, 3.63) is 29.8 Å². The van der Waals surface area contributed by atoms with E-state index in [0.717, 1.165) is 24.2 Å². The summed E-state index contributed by atoms with van der Waals surface area (Å²) in [6, 6.07) is 8.62. The van der Waals surface area contributed by atoms with Gasteiger partial charge in [0.05, 0.1) is 12.1 Å². The lowest BCUT2D eigenvalue weighted by Crippen LogP contribution is -2.47. The van der Waals surface area contributed by atoms with E-state index in [0.29, 0.717) is 12.0 Å². The third kappa shape index (κ3) is 3.04. The minimum atomic E-state index is -0.261. The van der Waals surface area contributed by atoms with Gasteiger partial charge in [-0.15, -0.1) is 0 Å². The van der Waals surface area contributed by atoms with Gasteiger partial charge in [0.2, 0.25) is 5.91 Å². The fourth-order valence-corrected chi connectivity index (χ4v) is 4.72. The van der Waals surface area contributed by atoms with Gasteiger partial charge in [0.1, 0.15) is 11.4 Å². The highest BCUT2D eigenvalue weighted by Gasteiger charge is 2.40. The number of carbonyl (C=O) groups excluding carboxylic acids is 1. The lowest BCUT2D eigenvalue weighted by molar-refractivity contribution is -0.124. The Hall–Kier alpha value is -1.55. The van der Waals surface area contributed by atoms with Gasteiger partial charge < -0.3 is 15.4 Å². The van der Waals surface area contributed by atoms with Crippen molar-refractivity contribution in [2.24, 2.45) is 5.92 Å². The summed E-state index contributed by atoms with van der Waals surface area (Å²) in [6.07, 6.45) is 6.90. The maximum atomic E-state index is 12.9. The molecule has 4 nitrogen and oxygen atoms in total. The smallest absolute Gasteiger partial charge is 0.237 e. The summed E-state index contributed by atoms with van der Waals surface area (Å²) in [5.74, 6) is 1.74. The molecule has 1 aromatic rings. The molecule has 0 aromatic heterocycles. The maximum absolute atomic E-state index is 12.9. The van der Waals surface area contributed by atoms with Crippen LogP contribution in [0.2, 0.25) is 0 Å². The van der Waals surface area contributed by atoms with Crippen LogP contribution in [0.4, 0.5) is 0 Å². The van der Waals surface area contributed by atoms with Crippen molar-refractivity contribution in [1.29, 1.82) is 0 Å². The van der Waals surface area contributed by atoms with Crippen molar-refractivity contribution in [2.45, 2.75) is 76.1 Å². The third-order valence-electron chi connectivity index (χ3n) is 5.87. The fraction of sp³-hybridized carbons (Fsp3) is 0.650. The van der Waals surface area contributed by atoms with Crippen LogP contribution >= 0.6 is 0 Å². The SMILES string of the molecule is CC1(C)CC(NC(=O)C2CC3CCCCC3N2)c2ccccc2O1. The van der Waals surface area contributed by atoms with Crippen LogP contribution in [-0.4, -0.2) is 23.6 Å². The first kappa shape index (κ1) is 15.9. The molecule has 2 N–H and O–H groups in total. The number of carbonyl (C=O) groups is 1. The molecule has 2 aliphatic heterocycles. The van der Waals surface area contributed by atoms with Crippen LogP contribution in [-0.2, 0) is 4.79 Å². The van der Waals surface area contributed by atoms with E-state index in [9.17, 15) is 4.79 Å². The second-order valence-corrected chi connectivity index (χ2v) is 8.27. The molecule has 1 amide bonds. The lowest BCUT2D eigenvalue weighted by Gasteiger charge is -2.38. The number of fused-ring (bicyclic) bond motifs is 2. The summed E-state index contributed by atoms with van der Waals surface area (Å²) in [7, 11) is 0. The second-order valence-electron chi connectivity index (χ2n) is 8.27. The zero-order valence-electron chi connectivity index (χ0n) is 14.7. The predicted molar refractivity (Wildman–Crippen MR) is 93.9 cm³/mol. The van der Waals surface area contributed by atoms with Gasteiger partial charge >= 0.3 is 0 Å². The molecule has 4 unspecified atom stereocenters. The summed E-state index contributed by atoms with van der Waals surface area (Å²) < 4.78 is 6.07. The maximum Gasteiger partial charge on any atom is 0.237 e. The number of ether oxygens (including phenoxy) is 1. The minimum absolute atomic E-state index is 0.0295. The Morgan fingerprint density at radius 1 is 1.25 bits per heavy atom. The topological polar surface area (TPSA) is 50.4 Å². The Bertz CT molecular complexity index is 614. The van der Waals surface area contributed by atoms with E-state index in [4.69, 9.17) is 4.74 Å². The van der Waals surface area contributed by atoms with Gasteiger partial charge in [-0.1, -0.05) is 31.0 Å². The molecule has 3 aliphatic rings. The lowest BCUT2D eigenvalue weighted by atomic mass is 9.85. The van der Waals surface area contributed by atoms with Crippen molar-refractivity contribution < 1.29 is 9.53 Å². The molecule has 24 heavy (non-hydrogen) atoms. The molecule has 0 radical (unpaired) electrons. The third-order valence-corrected chi connectivity index (χ3v) is 5.87. The van der Waals surface area contributed by atoms with E-state index >= 15 is 0 Å². The van der Waals surface area contributed by atoms with Crippen molar-refractivity contribution in [3.63, 3.8) is 0 Å².